The highest BCUT2D eigenvalue weighted by molar-refractivity contribution is 9.10. The zero-order valence-electron chi connectivity index (χ0n) is 27.3. The lowest BCUT2D eigenvalue weighted by atomic mass is 9.81. The lowest BCUT2D eigenvalue weighted by molar-refractivity contribution is -0.128. The number of hydrogen-bond donors (Lipinski definition) is 2. The summed E-state index contributed by atoms with van der Waals surface area (Å²) in [6.07, 6.45) is 0.718. The molecule has 1 aliphatic rings. The van der Waals surface area contributed by atoms with Gasteiger partial charge in [0.05, 0.1) is 13.7 Å². The second-order valence-corrected chi connectivity index (χ2v) is 12.7. The number of aliphatic imine (C=N–C) groups is 1. The molecule has 0 radical (unpaired) electrons. The monoisotopic (exact) mass is 718 g/mol. The first kappa shape index (κ1) is 34.0. The number of nitrogens with zero attached hydrogens (tertiary/aromatic N) is 1. The second-order valence-electron chi connectivity index (χ2n) is 11.9. The van der Waals surface area contributed by atoms with Gasteiger partial charge < -0.3 is 24.6 Å². The van der Waals surface area contributed by atoms with Gasteiger partial charge in [0, 0.05) is 36.0 Å². The summed E-state index contributed by atoms with van der Waals surface area (Å²) in [5, 5.41) is 12.3. The van der Waals surface area contributed by atoms with Crippen molar-refractivity contribution >= 4 is 27.7 Å². The third-order valence-corrected chi connectivity index (χ3v) is 9.41. The molecule has 8 heteroatoms. The van der Waals surface area contributed by atoms with Gasteiger partial charge in [0.25, 0.3) is 5.91 Å². The van der Waals surface area contributed by atoms with E-state index in [9.17, 15) is 4.79 Å². The van der Waals surface area contributed by atoms with Crippen LogP contribution in [0, 0.1) is 0 Å². The molecule has 1 amide bonds. The van der Waals surface area contributed by atoms with E-state index in [1.165, 1.54) is 0 Å². The summed E-state index contributed by atoms with van der Waals surface area (Å²) in [5.41, 5.74) is 4.36. The highest BCUT2D eigenvalue weighted by Gasteiger charge is 2.53. The van der Waals surface area contributed by atoms with E-state index >= 15 is 0 Å². The molecule has 0 saturated carbocycles. The Labute approximate surface area is 295 Å². The van der Waals surface area contributed by atoms with Crippen molar-refractivity contribution in [3.63, 3.8) is 0 Å². The van der Waals surface area contributed by atoms with E-state index in [-0.39, 0.29) is 12.5 Å². The first-order valence-electron chi connectivity index (χ1n) is 16.4. The quantitative estimate of drug-likeness (QED) is 0.115. The van der Waals surface area contributed by atoms with E-state index in [1.807, 2.05) is 103 Å². The van der Waals surface area contributed by atoms with Gasteiger partial charge in [0.2, 0.25) is 5.90 Å². The predicted molar refractivity (Wildman–Crippen MR) is 196 cm³/mol. The number of carbonyl (C=O) groups is 1. The van der Waals surface area contributed by atoms with Crippen LogP contribution in [0.15, 0.2) is 137 Å². The molecule has 7 nitrogen and oxygen atoms in total. The molecule has 5 aromatic rings. The molecule has 5 aromatic carbocycles. The van der Waals surface area contributed by atoms with E-state index in [4.69, 9.17) is 24.3 Å². The van der Waals surface area contributed by atoms with E-state index in [2.05, 4.69) is 45.5 Å². The molecule has 0 fully saturated rings. The molecule has 6 rings (SSSR count). The van der Waals surface area contributed by atoms with Gasteiger partial charge in [-0.25, -0.2) is 4.99 Å². The van der Waals surface area contributed by atoms with E-state index < -0.39 is 11.6 Å². The van der Waals surface area contributed by atoms with Crippen molar-refractivity contribution in [2.75, 3.05) is 26.9 Å². The molecule has 49 heavy (non-hydrogen) atoms. The van der Waals surface area contributed by atoms with Gasteiger partial charge in [0.15, 0.2) is 11.6 Å². The van der Waals surface area contributed by atoms with Crippen molar-refractivity contribution in [2.45, 2.75) is 30.9 Å². The van der Waals surface area contributed by atoms with Gasteiger partial charge in [-0.15, -0.1) is 0 Å². The van der Waals surface area contributed by atoms with Crippen LogP contribution in [0.1, 0.15) is 34.8 Å². The van der Waals surface area contributed by atoms with Crippen LogP contribution in [0.3, 0.4) is 0 Å². The van der Waals surface area contributed by atoms with Crippen molar-refractivity contribution in [2.24, 2.45) is 4.99 Å². The lowest BCUT2D eigenvalue weighted by Gasteiger charge is -2.31. The highest BCUT2D eigenvalue weighted by Crippen LogP contribution is 2.44. The minimum Gasteiger partial charge on any atom is -0.496 e. The number of ether oxygens (including phenoxy) is 3. The number of amides is 1. The molecule has 0 aromatic heterocycles. The maximum absolute atomic E-state index is 14.7. The Bertz CT molecular complexity index is 1880. The van der Waals surface area contributed by atoms with Crippen LogP contribution in [-0.4, -0.2) is 49.3 Å². The Balaban J connectivity index is 1.38. The third kappa shape index (κ3) is 7.88. The normalized spacial score (nSPS) is 16.8. The molecule has 0 unspecified atom stereocenters. The van der Waals surface area contributed by atoms with Gasteiger partial charge in [-0.05, 0) is 70.6 Å². The van der Waals surface area contributed by atoms with E-state index in [1.54, 1.807) is 7.11 Å². The molecule has 1 heterocycles. The van der Waals surface area contributed by atoms with E-state index in [0.29, 0.717) is 44.1 Å². The number of carbonyl (C=O) groups excluding carboxylic acids is 1. The van der Waals surface area contributed by atoms with Crippen LogP contribution < -0.4 is 14.8 Å². The molecular formula is C41H39BrN2O5. The summed E-state index contributed by atoms with van der Waals surface area (Å²) in [5.74, 6) is 1.61. The fourth-order valence-electron chi connectivity index (χ4n) is 6.07. The Kier molecular flexibility index (Phi) is 11.1. The lowest BCUT2D eigenvalue weighted by Crippen LogP contribution is -2.50. The van der Waals surface area contributed by atoms with Gasteiger partial charge in [-0.2, -0.15) is 0 Å². The molecular weight excluding hydrogens is 680 g/mol. The summed E-state index contributed by atoms with van der Waals surface area (Å²) in [6.45, 7) is 0.872. The van der Waals surface area contributed by atoms with Crippen molar-refractivity contribution < 1.29 is 24.1 Å². The Morgan fingerprint density at radius 3 is 2.20 bits per heavy atom. The zero-order chi connectivity index (χ0) is 34.1. The van der Waals surface area contributed by atoms with Crippen LogP contribution in [0.5, 0.6) is 11.5 Å². The summed E-state index contributed by atoms with van der Waals surface area (Å²) in [4.78, 5) is 19.9. The smallest absolute Gasteiger partial charge is 0.252 e. The fourth-order valence-corrected chi connectivity index (χ4v) is 6.49. The van der Waals surface area contributed by atoms with Crippen molar-refractivity contribution in [3.05, 3.63) is 154 Å². The third-order valence-electron chi connectivity index (χ3n) is 8.64. The first-order valence-corrected chi connectivity index (χ1v) is 17.2. The number of halogens is 1. The van der Waals surface area contributed by atoms with Gasteiger partial charge in [0.1, 0.15) is 11.5 Å². The maximum Gasteiger partial charge on any atom is 0.252 e. The number of para-hydroxylation sites is 1. The number of aliphatic hydroxyl groups excluding tert-OH is 1. The van der Waals surface area contributed by atoms with Crippen molar-refractivity contribution in [3.8, 4) is 22.6 Å². The zero-order valence-corrected chi connectivity index (χ0v) is 28.9. The molecule has 2 N–H and O–H groups in total. The molecule has 250 valence electrons. The van der Waals surface area contributed by atoms with E-state index in [0.717, 1.165) is 43.6 Å². The maximum atomic E-state index is 14.7. The Hall–Kier alpha value is -4.92. The topological polar surface area (TPSA) is 89.4 Å². The molecule has 0 saturated heterocycles. The number of rotatable bonds is 14. The summed E-state index contributed by atoms with van der Waals surface area (Å²) in [7, 11) is 1.65. The van der Waals surface area contributed by atoms with Crippen LogP contribution in [0.2, 0.25) is 0 Å². The number of hydrogen-bond acceptors (Lipinski definition) is 6. The summed E-state index contributed by atoms with van der Waals surface area (Å²) < 4.78 is 18.9. The summed E-state index contributed by atoms with van der Waals surface area (Å²) >= 11 is 3.72. The molecule has 0 aliphatic carbocycles. The Morgan fingerprint density at radius 2 is 1.49 bits per heavy atom. The largest absolute Gasteiger partial charge is 0.496 e. The second kappa shape index (κ2) is 16.0. The number of benzene rings is 5. The SMILES string of the molecule is COc1ccccc1CCNC(=O)[C@]1(Cc2ccccc2Br)N=C(c2ccc(OCCCO)cc2)O[C@@H]1c1ccc(-c2ccccc2)cc1. The average Bonchev–Trinajstić information content (AvgIpc) is 3.54. The predicted octanol–water partition coefficient (Wildman–Crippen LogP) is 7.74. The van der Waals surface area contributed by atoms with Gasteiger partial charge in [-0.3, -0.25) is 4.79 Å². The minimum absolute atomic E-state index is 0.0665. The van der Waals surface area contributed by atoms with Crippen LogP contribution in [-0.2, 0) is 22.4 Å². The summed E-state index contributed by atoms with van der Waals surface area (Å²) in [6, 6.07) is 41.6. The molecule has 0 bridgehead atoms. The van der Waals surface area contributed by atoms with Crippen LogP contribution >= 0.6 is 15.9 Å². The average molecular weight is 720 g/mol. The highest BCUT2D eigenvalue weighted by atomic mass is 79.9. The fraction of sp³-hybridized carbons (Fsp3) is 0.220. The van der Waals surface area contributed by atoms with Crippen molar-refractivity contribution in [1.29, 1.82) is 0 Å². The molecule has 1 aliphatic heterocycles. The molecule has 2 atom stereocenters. The number of methoxy groups -OCH3 is 1. The van der Waals surface area contributed by atoms with Gasteiger partial charge in [-0.1, -0.05) is 107 Å². The van der Waals surface area contributed by atoms with Crippen LogP contribution in [0.25, 0.3) is 11.1 Å². The number of nitrogens with one attached hydrogen (secondary N) is 1. The molecule has 0 spiro atoms. The van der Waals surface area contributed by atoms with Gasteiger partial charge >= 0.3 is 0 Å². The van der Waals surface area contributed by atoms with Crippen molar-refractivity contribution in [1.82, 2.24) is 5.32 Å². The first-order chi connectivity index (χ1) is 24.0. The standard InChI is InChI=1S/C41H39BrN2O5/c1-47-37-15-8-6-12-31(37)24-25-43-40(46)41(28-34-13-5-7-14-36(34)42)38(32-18-16-30(17-19-32)29-10-3-2-4-11-29)49-39(44-41)33-20-22-35(23-21-33)48-27-9-26-45/h2-8,10-23,38,45H,9,24-28H2,1H3,(H,43,46)/t38-,41-/m1/s1. The minimum atomic E-state index is -1.33. The van der Waals surface area contributed by atoms with Crippen LogP contribution in [0.4, 0.5) is 0 Å². The Morgan fingerprint density at radius 1 is 0.837 bits per heavy atom. The number of aliphatic hydroxyl groups is 1.